The lowest BCUT2D eigenvalue weighted by molar-refractivity contribution is -0.139. The maximum atomic E-state index is 12.7. The van der Waals surface area contributed by atoms with Crippen molar-refractivity contribution in [2.24, 2.45) is 5.73 Å². The van der Waals surface area contributed by atoms with Crippen LogP contribution in [0.4, 0.5) is 0 Å². The summed E-state index contributed by atoms with van der Waals surface area (Å²) < 4.78 is 0. The first-order valence-corrected chi connectivity index (χ1v) is 8.94. The molecule has 2 N–H and O–H groups in total. The summed E-state index contributed by atoms with van der Waals surface area (Å²) in [4.78, 5) is 28.7. The van der Waals surface area contributed by atoms with Gasteiger partial charge in [0.25, 0.3) is 5.91 Å². The van der Waals surface area contributed by atoms with Crippen molar-refractivity contribution in [2.45, 2.75) is 37.6 Å². The molecule has 2 heterocycles. The van der Waals surface area contributed by atoms with Crippen LogP contribution in [0.15, 0.2) is 16.8 Å². The zero-order valence-corrected chi connectivity index (χ0v) is 14.8. The van der Waals surface area contributed by atoms with Gasteiger partial charge in [0.05, 0.1) is 11.1 Å². The Morgan fingerprint density at radius 3 is 2.22 bits per heavy atom. The molecule has 1 aromatic heterocycles. The minimum atomic E-state index is -0.669. The topological polar surface area (TPSA) is 66.6 Å². The monoisotopic (exact) mass is 357 g/mol. The van der Waals surface area contributed by atoms with Gasteiger partial charge < -0.3 is 15.5 Å². The first-order chi connectivity index (χ1) is 10.6. The molecular formula is C16H24ClN3O2S. The SMILES string of the molecule is Cl.NC1(C(=O)N2CCN(C(=O)c3ccsc3)CC2)CCCCC1. The summed E-state index contributed by atoms with van der Waals surface area (Å²) in [5.74, 6) is 0.142. The molecule has 1 saturated carbocycles. The predicted octanol–water partition coefficient (Wildman–Crippen LogP) is 2.12. The first-order valence-electron chi connectivity index (χ1n) is 8.00. The predicted molar refractivity (Wildman–Crippen MR) is 94.1 cm³/mol. The molecule has 23 heavy (non-hydrogen) atoms. The van der Waals surface area contributed by atoms with E-state index < -0.39 is 5.54 Å². The van der Waals surface area contributed by atoms with Crippen LogP contribution in [0, 0.1) is 0 Å². The van der Waals surface area contributed by atoms with Crippen molar-refractivity contribution in [3.05, 3.63) is 22.4 Å². The summed E-state index contributed by atoms with van der Waals surface area (Å²) in [7, 11) is 0. The lowest BCUT2D eigenvalue weighted by Crippen LogP contribution is -2.60. The van der Waals surface area contributed by atoms with Crippen LogP contribution in [0.2, 0.25) is 0 Å². The van der Waals surface area contributed by atoms with Gasteiger partial charge in [-0.2, -0.15) is 11.3 Å². The van der Waals surface area contributed by atoms with Gasteiger partial charge in [0, 0.05) is 31.6 Å². The molecule has 2 amide bonds. The van der Waals surface area contributed by atoms with E-state index in [0.717, 1.165) is 31.2 Å². The highest BCUT2D eigenvalue weighted by Crippen LogP contribution is 2.28. The molecule has 7 heteroatoms. The highest BCUT2D eigenvalue weighted by Gasteiger charge is 2.39. The van der Waals surface area contributed by atoms with Gasteiger partial charge in [-0.15, -0.1) is 12.4 Å². The zero-order chi connectivity index (χ0) is 15.6. The molecule has 1 aliphatic carbocycles. The number of hydrogen-bond acceptors (Lipinski definition) is 4. The van der Waals surface area contributed by atoms with Crippen LogP contribution in [0.25, 0.3) is 0 Å². The standard InChI is InChI=1S/C16H23N3O2S.ClH/c17-16(5-2-1-3-6-16)15(21)19-9-7-18(8-10-19)14(20)13-4-11-22-12-13;/h4,11-12H,1-3,5-10,17H2;1H. The van der Waals surface area contributed by atoms with Crippen LogP contribution in [-0.2, 0) is 4.79 Å². The zero-order valence-electron chi connectivity index (χ0n) is 13.2. The fourth-order valence-corrected chi connectivity index (χ4v) is 4.02. The van der Waals surface area contributed by atoms with E-state index in [0.29, 0.717) is 26.2 Å². The quantitative estimate of drug-likeness (QED) is 0.881. The number of halogens is 1. The van der Waals surface area contributed by atoms with Gasteiger partial charge in [0.15, 0.2) is 0 Å². The molecule has 5 nitrogen and oxygen atoms in total. The van der Waals surface area contributed by atoms with Gasteiger partial charge in [-0.1, -0.05) is 19.3 Å². The van der Waals surface area contributed by atoms with Gasteiger partial charge in [0.1, 0.15) is 0 Å². The summed E-state index contributed by atoms with van der Waals surface area (Å²) in [6, 6.07) is 1.85. The van der Waals surface area contributed by atoms with Crippen LogP contribution < -0.4 is 5.73 Å². The molecule has 0 spiro atoms. The molecule has 1 aromatic rings. The number of piperazine rings is 1. The molecule has 0 bridgehead atoms. The fraction of sp³-hybridized carbons (Fsp3) is 0.625. The van der Waals surface area contributed by atoms with Crippen LogP contribution in [0.3, 0.4) is 0 Å². The van der Waals surface area contributed by atoms with E-state index >= 15 is 0 Å². The van der Waals surface area contributed by atoms with Gasteiger partial charge in [-0.3, -0.25) is 9.59 Å². The Morgan fingerprint density at radius 2 is 1.65 bits per heavy atom. The van der Waals surface area contributed by atoms with Gasteiger partial charge in [-0.05, 0) is 24.3 Å². The second kappa shape index (κ2) is 7.64. The van der Waals surface area contributed by atoms with Crippen molar-refractivity contribution in [1.29, 1.82) is 0 Å². The van der Waals surface area contributed by atoms with Crippen LogP contribution >= 0.6 is 23.7 Å². The summed E-state index contributed by atoms with van der Waals surface area (Å²) in [6.07, 6.45) is 4.84. The minimum Gasteiger partial charge on any atom is -0.338 e. The Bertz CT molecular complexity index is 536. The van der Waals surface area contributed by atoms with Gasteiger partial charge in [-0.25, -0.2) is 0 Å². The molecule has 0 aromatic carbocycles. The van der Waals surface area contributed by atoms with E-state index in [-0.39, 0.29) is 24.2 Å². The molecule has 0 radical (unpaired) electrons. The highest BCUT2D eigenvalue weighted by molar-refractivity contribution is 7.08. The van der Waals surface area contributed by atoms with Gasteiger partial charge in [0.2, 0.25) is 5.91 Å². The lowest BCUT2D eigenvalue weighted by Gasteiger charge is -2.41. The summed E-state index contributed by atoms with van der Waals surface area (Å²) in [5.41, 5.74) is 6.41. The summed E-state index contributed by atoms with van der Waals surface area (Å²) in [5, 5.41) is 3.78. The summed E-state index contributed by atoms with van der Waals surface area (Å²) in [6.45, 7) is 2.37. The normalized spacial score (nSPS) is 20.7. The van der Waals surface area contributed by atoms with Crippen molar-refractivity contribution in [2.75, 3.05) is 26.2 Å². The molecule has 1 aliphatic heterocycles. The third kappa shape index (κ3) is 3.87. The van der Waals surface area contributed by atoms with Crippen molar-refractivity contribution >= 4 is 35.6 Å². The molecule has 1 saturated heterocycles. The number of nitrogens with zero attached hydrogens (tertiary/aromatic N) is 2. The Hall–Kier alpha value is -1.11. The van der Waals surface area contributed by atoms with E-state index in [1.807, 2.05) is 26.6 Å². The Balaban J connectivity index is 0.00000192. The molecule has 0 unspecified atom stereocenters. The van der Waals surface area contributed by atoms with Gasteiger partial charge >= 0.3 is 0 Å². The third-order valence-corrected chi connectivity index (χ3v) is 5.48. The lowest BCUT2D eigenvalue weighted by atomic mass is 9.81. The van der Waals surface area contributed by atoms with E-state index in [4.69, 9.17) is 5.73 Å². The first kappa shape index (κ1) is 18.2. The fourth-order valence-electron chi connectivity index (χ4n) is 3.39. The number of thiophene rings is 1. The smallest absolute Gasteiger partial charge is 0.254 e. The van der Waals surface area contributed by atoms with Crippen LogP contribution in [0.1, 0.15) is 42.5 Å². The highest BCUT2D eigenvalue weighted by atomic mass is 35.5. The Kier molecular flexibility index (Phi) is 6.06. The number of carbonyl (C=O) groups is 2. The molecular weight excluding hydrogens is 334 g/mol. The van der Waals surface area contributed by atoms with E-state index in [1.165, 1.54) is 17.8 Å². The van der Waals surface area contributed by atoms with E-state index in [2.05, 4.69) is 0 Å². The molecule has 0 atom stereocenters. The maximum absolute atomic E-state index is 12.7. The van der Waals surface area contributed by atoms with Crippen molar-refractivity contribution in [3.8, 4) is 0 Å². The summed E-state index contributed by atoms with van der Waals surface area (Å²) >= 11 is 1.53. The number of amides is 2. The second-order valence-corrected chi connectivity index (χ2v) is 7.09. The number of carbonyl (C=O) groups excluding carboxylic acids is 2. The third-order valence-electron chi connectivity index (χ3n) is 4.79. The van der Waals surface area contributed by atoms with Crippen LogP contribution in [-0.4, -0.2) is 53.3 Å². The molecule has 2 fully saturated rings. The largest absolute Gasteiger partial charge is 0.338 e. The average molecular weight is 358 g/mol. The molecule has 3 rings (SSSR count). The van der Waals surface area contributed by atoms with Crippen molar-refractivity contribution < 1.29 is 9.59 Å². The Labute approximate surface area is 147 Å². The number of nitrogens with two attached hydrogens (primary N) is 1. The van der Waals surface area contributed by atoms with Crippen molar-refractivity contribution in [3.63, 3.8) is 0 Å². The van der Waals surface area contributed by atoms with E-state index in [1.54, 1.807) is 0 Å². The maximum Gasteiger partial charge on any atom is 0.254 e. The molecule has 2 aliphatic rings. The number of hydrogen-bond donors (Lipinski definition) is 1. The van der Waals surface area contributed by atoms with Crippen LogP contribution in [0.5, 0.6) is 0 Å². The number of rotatable bonds is 2. The second-order valence-electron chi connectivity index (χ2n) is 6.31. The molecule has 128 valence electrons. The minimum absolute atomic E-state index is 0. The Morgan fingerprint density at radius 1 is 1.04 bits per heavy atom. The van der Waals surface area contributed by atoms with E-state index in [9.17, 15) is 9.59 Å². The van der Waals surface area contributed by atoms with Crippen molar-refractivity contribution in [1.82, 2.24) is 9.80 Å². The average Bonchev–Trinajstić information content (AvgIpc) is 3.09.